The van der Waals surface area contributed by atoms with Crippen LogP contribution in [-0.2, 0) is 24.1 Å². The molecular formula is C4H10O5S2. The zero-order chi connectivity index (χ0) is 9.12. The molecule has 0 aromatic carbocycles. The molecule has 0 fully saturated rings. The average molecular weight is 202 g/mol. The van der Waals surface area contributed by atoms with E-state index in [1.54, 1.807) is 0 Å². The molecular weight excluding hydrogens is 192 g/mol. The second-order valence-electron chi connectivity index (χ2n) is 2.06. The van der Waals surface area contributed by atoms with Gasteiger partial charge in [0.2, 0.25) is 0 Å². The fourth-order valence-electron chi connectivity index (χ4n) is 0.337. The van der Waals surface area contributed by atoms with Crippen LogP contribution in [0.1, 0.15) is 0 Å². The minimum absolute atomic E-state index is 0.400. The van der Waals surface area contributed by atoms with Crippen molar-refractivity contribution < 1.29 is 21.0 Å². The molecule has 0 aliphatic carbocycles. The lowest BCUT2D eigenvalue weighted by atomic mass is 11.0. The third kappa shape index (κ3) is 6.27. The van der Waals surface area contributed by atoms with E-state index in [1.807, 2.05) is 0 Å². The number of hydrogen-bond acceptors (Lipinski definition) is 5. The molecule has 0 bridgehead atoms. The molecule has 0 aromatic rings. The average Bonchev–Trinajstić information content (AvgIpc) is 1.83. The molecule has 7 heteroatoms. The van der Waals surface area contributed by atoms with Crippen molar-refractivity contribution in [3.63, 3.8) is 0 Å². The largest absolute Gasteiger partial charge is 0.273 e. The van der Waals surface area contributed by atoms with Crippen LogP contribution in [0, 0.1) is 0 Å². The van der Waals surface area contributed by atoms with Crippen molar-refractivity contribution in [1.82, 2.24) is 0 Å². The molecule has 0 amide bonds. The standard InChI is InChI=1S/C4H10O5S2/c1-9-11(7,8)4-3-10(2,5)6/h3-4H2,1-2H3. The molecule has 0 aliphatic rings. The summed E-state index contributed by atoms with van der Waals surface area (Å²) in [5, 5.41) is 0. The van der Waals surface area contributed by atoms with Gasteiger partial charge in [-0.2, -0.15) is 8.42 Å². The van der Waals surface area contributed by atoms with Gasteiger partial charge in [0.15, 0.2) is 0 Å². The van der Waals surface area contributed by atoms with Gasteiger partial charge in [-0.1, -0.05) is 0 Å². The molecule has 0 aliphatic heterocycles. The topological polar surface area (TPSA) is 77.5 Å². The van der Waals surface area contributed by atoms with Crippen LogP contribution < -0.4 is 0 Å². The Morgan fingerprint density at radius 2 is 1.55 bits per heavy atom. The first kappa shape index (κ1) is 10.9. The van der Waals surface area contributed by atoms with Gasteiger partial charge in [-0.25, -0.2) is 8.42 Å². The second-order valence-corrected chi connectivity index (χ2v) is 6.18. The summed E-state index contributed by atoms with van der Waals surface area (Å²) in [6.45, 7) is 0. The van der Waals surface area contributed by atoms with Gasteiger partial charge in [-0.05, 0) is 0 Å². The highest BCUT2D eigenvalue weighted by Gasteiger charge is 2.12. The monoisotopic (exact) mass is 202 g/mol. The van der Waals surface area contributed by atoms with Gasteiger partial charge in [-0.15, -0.1) is 0 Å². The maximum atomic E-state index is 10.6. The Balaban J connectivity index is 4.13. The fourth-order valence-corrected chi connectivity index (χ4v) is 2.53. The van der Waals surface area contributed by atoms with E-state index in [2.05, 4.69) is 4.18 Å². The van der Waals surface area contributed by atoms with E-state index in [4.69, 9.17) is 0 Å². The molecule has 11 heavy (non-hydrogen) atoms. The molecule has 0 heterocycles. The molecule has 0 atom stereocenters. The van der Waals surface area contributed by atoms with Crippen molar-refractivity contribution >= 4 is 20.0 Å². The van der Waals surface area contributed by atoms with Crippen molar-refractivity contribution in [3.05, 3.63) is 0 Å². The first-order chi connectivity index (χ1) is 4.77. The summed E-state index contributed by atoms with van der Waals surface area (Å²) in [5.74, 6) is -0.883. The summed E-state index contributed by atoms with van der Waals surface area (Å²) in [5.41, 5.74) is 0. The predicted octanol–water partition coefficient (Wildman–Crippen LogP) is -0.993. The Hall–Kier alpha value is -0.140. The lowest BCUT2D eigenvalue weighted by Crippen LogP contribution is -2.16. The molecule has 0 spiro atoms. The summed E-state index contributed by atoms with van der Waals surface area (Å²) >= 11 is 0. The van der Waals surface area contributed by atoms with Crippen LogP contribution in [0.25, 0.3) is 0 Å². The van der Waals surface area contributed by atoms with Crippen molar-refractivity contribution in [2.75, 3.05) is 24.9 Å². The Bertz CT molecular complexity index is 297. The van der Waals surface area contributed by atoms with E-state index in [-0.39, 0.29) is 0 Å². The summed E-state index contributed by atoms with van der Waals surface area (Å²) in [4.78, 5) is 0. The Morgan fingerprint density at radius 1 is 1.09 bits per heavy atom. The van der Waals surface area contributed by atoms with Crippen LogP contribution in [0.3, 0.4) is 0 Å². The quantitative estimate of drug-likeness (QED) is 0.547. The predicted molar refractivity (Wildman–Crippen MR) is 40.5 cm³/mol. The lowest BCUT2D eigenvalue weighted by Gasteiger charge is -1.98. The molecule has 68 valence electrons. The second kappa shape index (κ2) is 3.51. The Kier molecular flexibility index (Phi) is 3.46. The Labute approximate surface area is 66.4 Å². The maximum Gasteiger partial charge on any atom is 0.268 e. The third-order valence-corrected chi connectivity index (χ3v) is 3.37. The molecule has 0 rings (SSSR count). The minimum Gasteiger partial charge on any atom is -0.273 e. The van der Waals surface area contributed by atoms with Crippen LogP contribution in [0.4, 0.5) is 0 Å². The van der Waals surface area contributed by atoms with Crippen LogP contribution in [0.15, 0.2) is 0 Å². The van der Waals surface area contributed by atoms with E-state index in [1.165, 1.54) is 0 Å². The van der Waals surface area contributed by atoms with Crippen LogP contribution >= 0.6 is 0 Å². The number of rotatable bonds is 4. The van der Waals surface area contributed by atoms with Crippen molar-refractivity contribution in [2.45, 2.75) is 0 Å². The van der Waals surface area contributed by atoms with Gasteiger partial charge in [0.1, 0.15) is 9.84 Å². The van der Waals surface area contributed by atoms with Crippen molar-refractivity contribution in [1.29, 1.82) is 0 Å². The Morgan fingerprint density at radius 3 is 1.82 bits per heavy atom. The van der Waals surface area contributed by atoms with Gasteiger partial charge < -0.3 is 0 Å². The van der Waals surface area contributed by atoms with Crippen LogP contribution in [0.2, 0.25) is 0 Å². The van der Waals surface area contributed by atoms with Gasteiger partial charge in [0, 0.05) is 6.26 Å². The van der Waals surface area contributed by atoms with Gasteiger partial charge in [-0.3, -0.25) is 4.18 Å². The summed E-state index contributed by atoms with van der Waals surface area (Å²) in [7, 11) is -5.86. The zero-order valence-electron chi connectivity index (χ0n) is 6.27. The number of hydrogen-bond donors (Lipinski definition) is 0. The first-order valence-electron chi connectivity index (χ1n) is 2.73. The van der Waals surface area contributed by atoms with Gasteiger partial charge in [0.05, 0.1) is 18.6 Å². The molecule has 0 N–H and O–H groups in total. The fraction of sp³-hybridized carbons (Fsp3) is 1.00. The summed E-state index contributed by atoms with van der Waals surface area (Å²) in [6.07, 6.45) is 0.970. The van der Waals surface area contributed by atoms with Gasteiger partial charge in [0.25, 0.3) is 10.1 Å². The van der Waals surface area contributed by atoms with E-state index < -0.39 is 31.5 Å². The summed E-state index contributed by atoms with van der Waals surface area (Å²) in [6, 6.07) is 0. The molecule has 0 unspecified atom stereocenters. The smallest absolute Gasteiger partial charge is 0.268 e. The highest BCUT2D eigenvalue weighted by molar-refractivity contribution is 7.92. The van der Waals surface area contributed by atoms with Gasteiger partial charge >= 0.3 is 0 Å². The highest BCUT2D eigenvalue weighted by atomic mass is 32.2. The molecule has 0 aromatic heterocycles. The van der Waals surface area contributed by atoms with Crippen molar-refractivity contribution in [2.24, 2.45) is 0 Å². The maximum absolute atomic E-state index is 10.6. The molecule has 0 saturated carbocycles. The SMILES string of the molecule is COS(=O)(=O)CCS(C)(=O)=O. The molecule has 0 radical (unpaired) electrons. The molecule has 5 nitrogen and oxygen atoms in total. The zero-order valence-corrected chi connectivity index (χ0v) is 7.90. The van der Waals surface area contributed by atoms with Crippen LogP contribution in [-0.4, -0.2) is 41.7 Å². The van der Waals surface area contributed by atoms with E-state index in [0.29, 0.717) is 0 Å². The van der Waals surface area contributed by atoms with Crippen molar-refractivity contribution in [3.8, 4) is 0 Å². The van der Waals surface area contributed by atoms with Crippen LogP contribution in [0.5, 0.6) is 0 Å². The minimum atomic E-state index is -3.63. The van der Waals surface area contributed by atoms with E-state index in [9.17, 15) is 16.8 Å². The normalized spacial score (nSPS) is 13.3. The molecule has 0 saturated heterocycles. The highest BCUT2D eigenvalue weighted by Crippen LogP contribution is 1.92. The first-order valence-corrected chi connectivity index (χ1v) is 6.37. The van der Waals surface area contributed by atoms with E-state index >= 15 is 0 Å². The third-order valence-electron chi connectivity index (χ3n) is 0.958. The lowest BCUT2D eigenvalue weighted by molar-refractivity contribution is 0.399. The van der Waals surface area contributed by atoms with E-state index in [0.717, 1.165) is 13.4 Å². The summed E-state index contributed by atoms with van der Waals surface area (Å²) < 4.78 is 46.1. The number of sulfone groups is 1.